The van der Waals surface area contributed by atoms with Gasteiger partial charge < -0.3 is 16.2 Å². The predicted octanol–water partition coefficient (Wildman–Crippen LogP) is 2.33. The SMILES string of the molecule is CC(CO)CSCC(=O)Nc1ccc(N)cc1Br. The number of hydrogen-bond donors (Lipinski definition) is 3. The van der Waals surface area contributed by atoms with Crippen LogP contribution in [0.5, 0.6) is 0 Å². The zero-order valence-corrected chi connectivity index (χ0v) is 12.6. The number of nitrogens with two attached hydrogens (primary N) is 1. The lowest BCUT2D eigenvalue weighted by atomic mass is 10.2. The number of rotatable bonds is 6. The molecule has 1 rings (SSSR count). The Kier molecular flexibility index (Phi) is 6.52. The Morgan fingerprint density at radius 2 is 2.33 bits per heavy atom. The molecule has 1 aromatic carbocycles. The Hall–Kier alpha value is -0.720. The highest BCUT2D eigenvalue weighted by molar-refractivity contribution is 9.10. The number of nitrogen functional groups attached to an aromatic ring is 1. The fraction of sp³-hybridized carbons (Fsp3) is 0.417. The zero-order chi connectivity index (χ0) is 13.5. The van der Waals surface area contributed by atoms with Crippen molar-refractivity contribution >= 4 is 45.0 Å². The van der Waals surface area contributed by atoms with Crippen LogP contribution in [0.15, 0.2) is 22.7 Å². The molecule has 6 heteroatoms. The molecule has 0 spiro atoms. The Labute approximate surface area is 119 Å². The number of thioether (sulfide) groups is 1. The lowest BCUT2D eigenvalue weighted by molar-refractivity contribution is -0.113. The third kappa shape index (κ3) is 5.29. The van der Waals surface area contributed by atoms with Crippen molar-refractivity contribution in [3.8, 4) is 0 Å². The van der Waals surface area contributed by atoms with Crippen LogP contribution in [0.25, 0.3) is 0 Å². The first-order chi connectivity index (χ1) is 8.52. The topological polar surface area (TPSA) is 75.3 Å². The molecule has 1 amide bonds. The molecule has 0 aliphatic carbocycles. The summed E-state index contributed by atoms with van der Waals surface area (Å²) in [5.74, 6) is 1.30. The van der Waals surface area contributed by atoms with E-state index < -0.39 is 0 Å². The summed E-state index contributed by atoms with van der Waals surface area (Å²) in [6.07, 6.45) is 0. The molecule has 100 valence electrons. The fourth-order valence-electron chi connectivity index (χ4n) is 1.22. The molecule has 0 heterocycles. The third-order valence-corrected chi connectivity index (χ3v) is 4.14. The summed E-state index contributed by atoms with van der Waals surface area (Å²) >= 11 is 4.85. The van der Waals surface area contributed by atoms with Crippen molar-refractivity contribution in [1.82, 2.24) is 0 Å². The monoisotopic (exact) mass is 332 g/mol. The van der Waals surface area contributed by atoms with E-state index in [4.69, 9.17) is 10.8 Å². The number of anilines is 2. The van der Waals surface area contributed by atoms with E-state index in [1.165, 1.54) is 11.8 Å². The van der Waals surface area contributed by atoms with Crippen LogP contribution in [0.2, 0.25) is 0 Å². The van der Waals surface area contributed by atoms with Gasteiger partial charge in [-0.25, -0.2) is 0 Å². The Morgan fingerprint density at radius 1 is 1.61 bits per heavy atom. The lowest BCUT2D eigenvalue weighted by Gasteiger charge is -2.09. The molecule has 0 aliphatic rings. The standard InChI is InChI=1S/C12H17BrN2O2S/c1-8(5-16)6-18-7-12(17)15-11-3-2-9(14)4-10(11)13/h2-4,8,16H,5-7,14H2,1H3,(H,15,17). The van der Waals surface area contributed by atoms with Crippen LogP contribution >= 0.6 is 27.7 Å². The number of carbonyl (C=O) groups is 1. The number of halogens is 1. The van der Waals surface area contributed by atoms with E-state index in [0.29, 0.717) is 17.1 Å². The largest absolute Gasteiger partial charge is 0.399 e. The van der Waals surface area contributed by atoms with E-state index in [2.05, 4.69) is 21.2 Å². The molecule has 4 nitrogen and oxygen atoms in total. The molecular weight excluding hydrogens is 316 g/mol. The lowest BCUT2D eigenvalue weighted by Crippen LogP contribution is -2.16. The Balaban J connectivity index is 2.40. The van der Waals surface area contributed by atoms with Crippen molar-refractivity contribution in [2.45, 2.75) is 6.92 Å². The van der Waals surface area contributed by atoms with E-state index in [1.54, 1.807) is 18.2 Å². The van der Waals surface area contributed by atoms with Crippen LogP contribution in [-0.2, 0) is 4.79 Å². The minimum Gasteiger partial charge on any atom is -0.399 e. The van der Waals surface area contributed by atoms with Crippen molar-refractivity contribution in [3.05, 3.63) is 22.7 Å². The summed E-state index contributed by atoms with van der Waals surface area (Å²) in [4.78, 5) is 11.7. The number of carbonyl (C=O) groups excluding carboxylic acids is 1. The van der Waals surface area contributed by atoms with E-state index in [0.717, 1.165) is 10.2 Å². The molecule has 1 unspecified atom stereocenters. The van der Waals surface area contributed by atoms with Crippen molar-refractivity contribution in [2.24, 2.45) is 5.92 Å². The van der Waals surface area contributed by atoms with Crippen LogP contribution in [0.3, 0.4) is 0 Å². The summed E-state index contributed by atoms with van der Waals surface area (Å²) in [6.45, 7) is 2.10. The molecule has 18 heavy (non-hydrogen) atoms. The van der Waals surface area contributed by atoms with Gasteiger partial charge in [-0.3, -0.25) is 4.79 Å². The van der Waals surface area contributed by atoms with E-state index in [-0.39, 0.29) is 18.4 Å². The van der Waals surface area contributed by atoms with Gasteiger partial charge in [-0.05, 0) is 45.8 Å². The average Bonchev–Trinajstić information content (AvgIpc) is 2.32. The maximum atomic E-state index is 11.7. The van der Waals surface area contributed by atoms with E-state index in [9.17, 15) is 4.79 Å². The van der Waals surface area contributed by atoms with Gasteiger partial charge in [0.1, 0.15) is 0 Å². The van der Waals surface area contributed by atoms with Gasteiger partial charge in [-0.2, -0.15) is 11.8 Å². The van der Waals surface area contributed by atoms with E-state index >= 15 is 0 Å². The van der Waals surface area contributed by atoms with E-state index in [1.807, 2.05) is 6.92 Å². The molecule has 1 atom stereocenters. The summed E-state index contributed by atoms with van der Waals surface area (Å²) in [7, 11) is 0. The van der Waals surface area contributed by atoms with Gasteiger partial charge >= 0.3 is 0 Å². The summed E-state index contributed by atoms with van der Waals surface area (Å²) in [6, 6.07) is 5.25. The Morgan fingerprint density at radius 3 is 2.94 bits per heavy atom. The second-order valence-electron chi connectivity index (χ2n) is 4.09. The molecule has 4 N–H and O–H groups in total. The molecule has 0 aromatic heterocycles. The average molecular weight is 333 g/mol. The normalized spacial score (nSPS) is 12.2. The van der Waals surface area contributed by atoms with Gasteiger partial charge in [-0.15, -0.1) is 0 Å². The molecule has 0 saturated carbocycles. The molecule has 1 aromatic rings. The van der Waals surface area contributed by atoms with Crippen LogP contribution in [0.1, 0.15) is 6.92 Å². The number of aliphatic hydroxyl groups excluding tert-OH is 1. The number of hydrogen-bond acceptors (Lipinski definition) is 4. The van der Waals surface area contributed by atoms with Crippen LogP contribution in [0, 0.1) is 5.92 Å². The molecule has 0 aliphatic heterocycles. The second-order valence-corrected chi connectivity index (χ2v) is 5.97. The summed E-state index contributed by atoms with van der Waals surface area (Å²) in [5.41, 5.74) is 6.97. The Bertz CT molecular complexity index is 415. The maximum absolute atomic E-state index is 11.7. The number of benzene rings is 1. The van der Waals surface area contributed by atoms with Crippen molar-refractivity contribution in [1.29, 1.82) is 0 Å². The first-order valence-corrected chi connectivity index (χ1v) is 7.51. The molecular formula is C12H17BrN2O2S. The van der Waals surface area contributed by atoms with Gasteiger partial charge in [0.05, 0.1) is 11.4 Å². The van der Waals surface area contributed by atoms with Gasteiger partial charge in [0.25, 0.3) is 0 Å². The zero-order valence-electron chi connectivity index (χ0n) is 10.1. The van der Waals surface area contributed by atoms with Crippen molar-refractivity contribution < 1.29 is 9.90 Å². The number of amides is 1. The van der Waals surface area contributed by atoms with Crippen molar-refractivity contribution in [2.75, 3.05) is 29.2 Å². The predicted molar refractivity (Wildman–Crippen MR) is 80.8 cm³/mol. The van der Waals surface area contributed by atoms with Crippen molar-refractivity contribution in [3.63, 3.8) is 0 Å². The van der Waals surface area contributed by atoms with Crippen LogP contribution in [-0.4, -0.2) is 29.1 Å². The van der Waals surface area contributed by atoms with Crippen LogP contribution < -0.4 is 11.1 Å². The molecule has 0 saturated heterocycles. The first-order valence-electron chi connectivity index (χ1n) is 5.56. The smallest absolute Gasteiger partial charge is 0.234 e. The maximum Gasteiger partial charge on any atom is 0.234 e. The highest BCUT2D eigenvalue weighted by Gasteiger charge is 2.07. The fourth-order valence-corrected chi connectivity index (χ4v) is 2.60. The van der Waals surface area contributed by atoms with Gasteiger partial charge in [-0.1, -0.05) is 6.92 Å². The molecule has 0 radical (unpaired) electrons. The molecule has 0 bridgehead atoms. The van der Waals surface area contributed by atoms with Gasteiger partial charge in [0, 0.05) is 16.8 Å². The quantitative estimate of drug-likeness (QED) is 0.699. The minimum absolute atomic E-state index is 0.0596. The van der Waals surface area contributed by atoms with Gasteiger partial charge in [0.2, 0.25) is 5.91 Å². The second kappa shape index (κ2) is 7.66. The van der Waals surface area contributed by atoms with Crippen LogP contribution in [0.4, 0.5) is 11.4 Å². The minimum atomic E-state index is -0.0596. The summed E-state index contributed by atoms with van der Waals surface area (Å²) < 4.78 is 0.768. The molecule has 0 fully saturated rings. The number of aliphatic hydroxyl groups is 1. The third-order valence-electron chi connectivity index (χ3n) is 2.21. The first kappa shape index (κ1) is 15.3. The number of nitrogens with one attached hydrogen (secondary N) is 1. The highest BCUT2D eigenvalue weighted by Crippen LogP contribution is 2.24. The highest BCUT2D eigenvalue weighted by atomic mass is 79.9. The summed E-state index contributed by atoms with van der Waals surface area (Å²) in [5, 5.41) is 11.7. The van der Waals surface area contributed by atoms with Gasteiger partial charge in [0.15, 0.2) is 0 Å².